The van der Waals surface area contributed by atoms with E-state index in [-0.39, 0.29) is 0 Å². The van der Waals surface area contributed by atoms with Crippen LogP contribution < -0.4 is 0 Å². The molecule has 3 heteroatoms. The molecule has 2 aromatic rings. The molecule has 0 aliphatic carbocycles. The molecule has 0 aliphatic rings. The molecule has 1 aromatic carbocycles. The Bertz CT molecular complexity index is 483. The van der Waals surface area contributed by atoms with Crippen LogP contribution in [-0.4, -0.2) is 15.1 Å². The van der Waals surface area contributed by atoms with E-state index >= 15 is 0 Å². The van der Waals surface area contributed by atoms with Gasteiger partial charge in [0.1, 0.15) is 6.10 Å². The van der Waals surface area contributed by atoms with Crippen molar-refractivity contribution in [3.05, 3.63) is 59.2 Å². The Morgan fingerprint density at radius 3 is 2.69 bits per heavy atom. The summed E-state index contributed by atoms with van der Waals surface area (Å²) in [5.74, 6) is 0. The molecule has 0 radical (unpaired) electrons. The lowest BCUT2D eigenvalue weighted by molar-refractivity contribution is 0.214. The Balaban J connectivity index is 2.42. The van der Waals surface area contributed by atoms with E-state index in [1.165, 1.54) is 5.56 Å². The fourth-order valence-electron chi connectivity index (χ4n) is 1.68. The van der Waals surface area contributed by atoms with Gasteiger partial charge in [-0.05, 0) is 30.5 Å². The largest absolute Gasteiger partial charge is 0.382 e. The van der Waals surface area contributed by atoms with Crippen molar-refractivity contribution in [2.24, 2.45) is 0 Å². The maximum Gasteiger partial charge on any atom is 0.123 e. The third-order valence-electron chi connectivity index (χ3n) is 2.80. The minimum Gasteiger partial charge on any atom is -0.382 e. The monoisotopic (exact) mass is 214 g/mol. The summed E-state index contributed by atoms with van der Waals surface area (Å²) in [6, 6.07) is 5.89. The second kappa shape index (κ2) is 4.41. The molecule has 2 rings (SSSR count). The Morgan fingerprint density at radius 2 is 2.00 bits per heavy atom. The first-order valence-corrected chi connectivity index (χ1v) is 5.20. The molecule has 0 aliphatic heterocycles. The number of aromatic nitrogens is 2. The molecule has 0 saturated carbocycles. The number of aliphatic hydroxyl groups is 1. The second-order valence-corrected chi connectivity index (χ2v) is 3.82. The van der Waals surface area contributed by atoms with Crippen LogP contribution in [0, 0.1) is 13.8 Å². The Morgan fingerprint density at radius 1 is 1.19 bits per heavy atom. The van der Waals surface area contributed by atoms with E-state index in [2.05, 4.69) is 9.97 Å². The van der Waals surface area contributed by atoms with Gasteiger partial charge in [-0.25, -0.2) is 0 Å². The number of hydrogen-bond donors (Lipinski definition) is 1. The van der Waals surface area contributed by atoms with Gasteiger partial charge >= 0.3 is 0 Å². The van der Waals surface area contributed by atoms with Crippen LogP contribution in [0.2, 0.25) is 0 Å². The summed E-state index contributed by atoms with van der Waals surface area (Å²) in [7, 11) is 0. The zero-order valence-corrected chi connectivity index (χ0v) is 9.38. The highest BCUT2D eigenvalue weighted by Gasteiger charge is 2.14. The number of aryl methyl sites for hydroxylation is 1. The maximum atomic E-state index is 10.2. The first kappa shape index (κ1) is 10.8. The van der Waals surface area contributed by atoms with Crippen LogP contribution in [0.4, 0.5) is 0 Å². The van der Waals surface area contributed by atoms with Gasteiger partial charge in [-0.1, -0.05) is 18.2 Å². The first-order chi connectivity index (χ1) is 7.70. The summed E-state index contributed by atoms with van der Waals surface area (Å²) < 4.78 is 0. The number of hydrogen-bond acceptors (Lipinski definition) is 3. The molecule has 0 spiro atoms. The summed E-state index contributed by atoms with van der Waals surface area (Å²) >= 11 is 0. The Labute approximate surface area is 94.8 Å². The summed E-state index contributed by atoms with van der Waals surface area (Å²) in [6.07, 6.45) is 4.07. The van der Waals surface area contributed by atoms with Crippen LogP contribution in [-0.2, 0) is 0 Å². The third kappa shape index (κ3) is 1.95. The molecule has 1 aromatic heterocycles. The van der Waals surface area contributed by atoms with E-state index in [0.29, 0.717) is 5.69 Å². The van der Waals surface area contributed by atoms with Crippen molar-refractivity contribution in [1.82, 2.24) is 9.97 Å². The Kier molecular flexibility index (Phi) is 2.97. The summed E-state index contributed by atoms with van der Waals surface area (Å²) in [6.45, 7) is 4.03. The number of rotatable bonds is 2. The van der Waals surface area contributed by atoms with Crippen molar-refractivity contribution >= 4 is 0 Å². The van der Waals surface area contributed by atoms with Gasteiger partial charge in [0.2, 0.25) is 0 Å². The highest BCUT2D eigenvalue weighted by molar-refractivity contribution is 5.37. The van der Waals surface area contributed by atoms with Gasteiger partial charge in [0, 0.05) is 12.4 Å². The molecular weight excluding hydrogens is 200 g/mol. The van der Waals surface area contributed by atoms with Crippen molar-refractivity contribution in [2.75, 3.05) is 0 Å². The van der Waals surface area contributed by atoms with Crippen molar-refractivity contribution in [3.8, 4) is 0 Å². The van der Waals surface area contributed by atoms with Crippen LogP contribution >= 0.6 is 0 Å². The highest BCUT2D eigenvalue weighted by atomic mass is 16.3. The standard InChI is InChI=1S/C13H14N2O/c1-9-4-3-5-11(10(9)2)13(16)12-8-14-6-7-15-12/h3-8,13,16H,1-2H3. The summed E-state index contributed by atoms with van der Waals surface area (Å²) in [4.78, 5) is 8.07. The molecule has 1 N–H and O–H groups in total. The van der Waals surface area contributed by atoms with Crippen LogP contribution in [0.3, 0.4) is 0 Å². The molecule has 0 fully saturated rings. The van der Waals surface area contributed by atoms with Gasteiger partial charge in [-0.2, -0.15) is 0 Å². The first-order valence-electron chi connectivity index (χ1n) is 5.20. The van der Waals surface area contributed by atoms with E-state index in [4.69, 9.17) is 0 Å². The van der Waals surface area contributed by atoms with Crippen LogP contribution in [0.15, 0.2) is 36.8 Å². The van der Waals surface area contributed by atoms with Crippen LogP contribution in [0.25, 0.3) is 0 Å². The van der Waals surface area contributed by atoms with Gasteiger partial charge in [0.05, 0.1) is 11.9 Å². The molecule has 3 nitrogen and oxygen atoms in total. The lowest BCUT2D eigenvalue weighted by atomic mass is 9.98. The fourth-order valence-corrected chi connectivity index (χ4v) is 1.68. The van der Waals surface area contributed by atoms with E-state index in [0.717, 1.165) is 11.1 Å². The van der Waals surface area contributed by atoms with Crippen molar-refractivity contribution in [3.63, 3.8) is 0 Å². The zero-order chi connectivity index (χ0) is 11.5. The van der Waals surface area contributed by atoms with Crippen molar-refractivity contribution in [1.29, 1.82) is 0 Å². The van der Waals surface area contributed by atoms with E-state index in [1.54, 1.807) is 18.6 Å². The molecule has 0 amide bonds. The average molecular weight is 214 g/mol. The lowest BCUT2D eigenvalue weighted by Crippen LogP contribution is -2.05. The van der Waals surface area contributed by atoms with Gasteiger partial charge in [-0.15, -0.1) is 0 Å². The lowest BCUT2D eigenvalue weighted by Gasteiger charge is -2.14. The molecular formula is C13H14N2O. The average Bonchev–Trinajstić information content (AvgIpc) is 2.33. The normalized spacial score (nSPS) is 12.4. The third-order valence-corrected chi connectivity index (χ3v) is 2.80. The predicted molar refractivity (Wildman–Crippen MR) is 62.0 cm³/mol. The molecule has 82 valence electrons. The smallest absolute Gasteiger partial charge is 0.123 e. The predicted octanol–water partition coefficient (Wildman–Crippen LogP) is 2.18. The minimum absolute atomic E-state index is 0.580. The molecule has 16 heavy (non-hydrogen) atoms. The summed E-state index contributed by atoms with van der Waals surface area (Å²) in [5.41, 5.74) is 3.73. The molecule has 1 unspecified atom stereocenters. The topological polar surface area (TPSA) is 46.0 Å². The fraction of sp³-hybridized carbons (Fsp3) is 0.231. The molecule has 0 saturated heterocycles. The Hall–Kier alpha value is -1.74. The van der Waals surface area contributed by atoms with E-state index in [1.807, 2.05) is 32.0 Å². The van der Waals surface area contributed by atoms with Gasteiger partial charge in [0.25, 0.3) is 0 Å². The molecule has 0 bridgehead atoms. The maximum absolute atomic E-state index is 10.2. The van der Waals surface area contributed by atoms with Gasteiger partial charge < -0.3 is 5.11 Å². The number of benzene rings is 1. The molecule has 1 heterocycles. The van der Waals surface area contributed by atoms with Gasteiger partial charge in [-0.3, -0.25) is 9.97 Å². The second-order valence-electron chi connectivity index (χ2n) is 3.82. The van der Waals surface area contributed by atoms with Crippen LogP contribution in [0.5, 0.6) is 0 Å². The highest BCUT2D eigenvalue weighted by Crippen LogP contribution is 2.24. The van der Waals surface area contributed by atoms with Gasteiger partial charge in [0.15, 0.2) is 0 Å². The van der Waals surface area contributed by atoms with Crippen molar-refractivity contribution in [2.45, 2.75) is 20.0 Å². The minimum atomic E-state index is -0.700. The SMILES string of the molecule is Cc1cccc(C(O)c2cnccn2)c1C. The van der Waals surface area contributed by atoms with E-state index in [9.17, 15) is 5.11 Å². The molecule has 1 atom stereocenters. The van der Waals surface area contributed by atoms with Crippen molar-refractivity contribution < 1.29 is 5.11 Å². The number of nitrogens with zero attached hydrogens (tertiary/aromatic N) is 2. The summed E-state index contributed by atoms with van der Waals surface area (Å²) in [5, 5.41) is 10.2. The number of aliphatic hydroxyl groups excluding tert-OH is 1. The quantitative estimate of drug-likeness (QED) is 0.833. The van der Waals surface area contributed by atoms with Crippen LogP contribution in [0.1, 0.15) is 28.5 Å². The van der Waals surface area contributed by atoms with E-state index < -0.39 is 6.10 Å². The zero-order valence-electron chi connectivity index (χ0n) is 9.38.